The molecule has 4 rings (SSSR count). The lowest BCUT2D eigenvalue weighted by molar-refractivity contribution is 0.177. The highest BCUT2D eigenvalue weighted by atomic mass is 32.2. The minimum atomic E-state index is -3.36. The smallest absolute Gasteiger partial charge is 0.281 e. The summed E-state index contributed by atoms with van der Waals surface area (Å²) >= 11 is 0. The molecule has 0 saturated carbocycles. The molecule has 2 aromatic carbocycles. The molecule has 1 aliphatic rings. The summed E-state index contributed by atoms with van der Waals surface area (Å²) in [7, 11) is -0.205. The summed E-state index contributed by atoms with van der Waals surface area (Å²) in [6.07, 6.45) is 2.08. The Kier molecular flexibility index (Phi) is 6.01. The molecule has 30 heavy (non-hydrogen) atoms. The zero-order chi connectivity index (χ0) is 21.1. The van der Waals surface area contributed by atoms with Crippen molar-refractivity contribution in [1.29, 1.82) is 0 Å². The van der Waals surface area contributed by atoms with E-state index in [1.165, 1.54) is 4.31 Å². The highest BCUT2D eigenvalue weighted by Gasteiger charge is 2.29. The maximum Gasteiger partial charge on any atom is 0.281 e. The van der Waals surface area contributed by atoms with Gasteiger partial charge in [0.15, 0.2) is 0 Å². The summed E-state index contributed by atoms with van der Waals surface area (Å²) in [5.41, 5.74) is 4.19. The Bertz CT molecular complexity index is 1070. The third-order valence-electron chi connectivity index (χ3n) is 5.37. The van der Waals surface area contributed by atoms with Crippen LogP contribution in [0.2, 0.25) is 0 Å². The van der Waals surface area contributed by atoms with E-state index in [2.05, 4.69) is 23.2 Å². The van der Waals surface area contributed by atoms with Crippen molar-refractivity contribution in [3.63, 3.8) is 0 Å². The molecule has 0 aliphatic carbocycles. The number of para-hydroxylation sites is 1. The van der Waals surface area contributed by atoms with E-state index >= 15 is 0 Å². The van der Waals surface area contributed by atoms with E-state index < -0.39 is 10.2 Å². The van der Waals surface area contributed by atoms with Crippen LogP contribution >= 0.6 is 0 Å². The Morgan fingerprint density at radius 3 is 2.10 bits per heavy atom. The lowest BCUT2D eigenvalue weighted by Gasteiger charge is -2.35. The Morgan fingerprint density at radius 2 is 1.50 bits per heavy atom. The van der Waals surface area contributed by atoms with E-state index in [1.54, 1.807) is 18.4 Å². The zero-order valence-corrected chi connectivity index (χ0v) is 18.2. The van der Waals surface area contributed by atoms with E-state index in [0.717, 1.165) is 29.1 Å². The monoisotopic (exact) mass is 425 g/mol. The van der Waals surface area contributed by atoms with Gasteiger partial charge in [0.2, 0.25) is 0 Å². The molecule has 0 bridgehead atoms. The summed E-state index contributed by atoms with van der Waals surface area (Å²) in [6.45, 7) is 3.10. The normalized spacial score (nSPS) is 16.2. The van der Waals surface area contributed by atoms with Crippen molar-refractivity contribution < 1.29 is 8.42 Å². The van der Waals surface area contributed by atoms with Gasteiger partial charge in [0.25, 0.3) is 10.2 Å². The molecule has 158 valence electrons. The maximum atomic E-state index is 12.4. The van der Waals surface area contributed by atoms with Crippen LogP contribution in [0.15, 0.2) is 66.9 Å². The molecule has 1 aliphatic heterocycles. The van der Waals surface area contributed by atoms with Crippen molar-refractivity contribution in [1.82, 2.24) is 23.3 Å². The zero-order valence-electron chi connectivity index (χ0n) is 17.3. The molecule has 0 atom stereocenters. The summed E-state index contributed by atoms with van der Waals surface area (Å²) in [5.74, 6) is 0. The van der Waals surface area contributed by atoms with Gasteiger partial charge in [-0.25, -0.2) is 4.68 Å². The van der Waals surface area contributed by atoms with Crippen LogP contribution in [-0.4, -0.2) is 72.0 Å². The summed E-state index contributed by atoms with van der Waals surface area (Å²) in [6, 6.07) is 20.3. The number of hydrogen-bond acceptors (Lipinski definition) is 4. The van der Waals surface area contributed by atoms with Gasteiger partial charge < -0.3 is 0 Å². The largest absolute Gasteiger partial charge is 0.296 e. The molecule has 7 nitrogen and oxygen atoms in total. The second-order valence-electron chi connectivity index (χ2n) is 7.61. The minimum Gasteiger partial charge on any atom is -0.296 e. The first kappa shape index (κ1) is 20.7. The number of aromatic nitrogens is 2. The highest BCUT2D eigenvalue weighted by Crippen LogP contribution is 2.25. The number of hydrogen-bond donors (Lipinski definition) is 0. The van der Waals surface area contributed by atoms with Crippen LogP contribution < -0.4 is 0 Å². The van der Waals surface area contributed by atoms with Crippen molar-refractivity contribution in [3.8, 4) is 16.9 Å². The topological polar surface area (TPSA) is 61.7 Å². The Hall–Kier alpha value is -2.52. The van der Waals surface area contributed by atoms with Crippen LogP contribution in [0.3, 0.4) is 0 Å². The van der Waals surface area contributed by atoms with Crippen LogP contribution in [0, 0.1) is 0 Å². The molecule has 1 aromatic heterocycles. The summed E-state index contributed by atoms with van der Waals surface area (Å²) in [4.78, 5) is 2.29. The predicted molar refractivity (Wildman–Crippen MR) is 118 cm³/mol. The van der Waals surface area contributed by atoms with Gasteiger partial charge in [0.1, 0.15) is 0 Å². The van der Waals surface area contributed by atoms with E-state index in [4.69, 9.17) is 5.10 Å². The Balaban J connectivity index is 1.56. The molecule has 0 unspecified atom stereocenters. The average Bonchev–Trinajstić information content (AvgIpc) is 3.19. The fourth-order valence-corrected chi connectivity index (χ4v) is 4.75. The molecule has 0 spiro atoms. The molecule has 1 fully saturated rings. The first-order valence-electron chi connectivity index (χ1n) is 10.0. The van der Waals surface area contributed by atoms with Gasteiger partial charge in [0.05, 0.1) is 11.4 Å². The van der Waals surface area contributed by atoms with Crippen LogP contribution in [-0.2, 0) is 16.8 Å². The summed E-state index contributed by atoms with van der Waals surface area (Å²) < 4.78 is 29.5. The summed E-state index contributed by atoms with van der Waals surface area (Å²) in [5, 5.41) is 4.87. The van der Waals surface area contributed by atoms with Crippen LogP contribution in [0.4, 0.5) is 0 Å². The third kappa shape index (κ3) is 4.32. The van der Waals surface area contributed by atoms with E-state index in [9.17, 15) is 8.42 Å². The fourth-order valence-electron chi connectivity index (χ4n) is 3.67. The molecule has 0 amide bonds. The van der Waals surface area contributed by atoms with Crippen LogP contribution in [0.5, 0.6) is 0 Å². The van der Waals surface area contributed by atoms with E-state index in [0.29, 0.717) is 26.2 Å². The van der Waals surface area contributed by atoms with Gasteiger partial charge in [0, 0.05) is 64.1 Å². The van der Waals surface area contributed by atoms with Gasteiger partial charge in [-0.05, 0) is 12.1 Å². The molecule has 0 radical (unpaired) electrons. The number of piperazine rings is 1. The van der Waals surface area contributed by atoms with Crippen LogP contribution in [0.1, 0.15) is 5.56 Å². The lowest BCUT2D eigenvalue weighted by Crippen LogP contribution is -2.51. The van der Waals surface area contributed by atoms with Crippen LogP contribution in [0.25, 0.3) is 16.9 Å². The Morgan fingerprint density at radius 1 is 0.900 bits per heavy atom. The SMILES string of the molecule is CN(C)S(=O)(=O)N1CCN(Cc2cn(-c3ccccc3)nc2-c2ccccc2)CC1. The van der Waals surface area contributed by atoms with Gasteiger partial charge in [-0.1, -0.05) is 48.5 Å². The van der Waals surface area contributed by atoms with E-state index in [-0.39, 0.29) is 0 Å². The fraction of sp³-hybridized carbons (Fsp3) is 0.318. The van der Waals surface area contributed by atoms with Crippen molar-refractivity contribution in [2.75, 3.05) is 40.3 Å². The van der Waals surface area contributed by atoms with Gasteiger partial charge >= 0.3 is 0 Å². The molecule has 1 saturated heterocycles. The quantitative estimate of drug-likeness (QED) is 0.609. The number of nitrogens with zero attached hydrogens (tertiary/aromatic N) is 5. The number of rotatable bonds is 6. The maximum absolute atomic E-state index is 12.4. The predicted octanol–water partition coefficient (Wildman–Crippen LogP) is 2.46. The van der Waals surface area contributed by atoms with E-state index in [1.807, 2.05) is 53.2 Å². The first-order valence-corrected chi connectivity index (χ1v) is 11.4. The molecule has 2 heterocycles. The van der Waals surface area contributed by atoms with Crippen molar-refractivity contribution in [2.24, 2.45) is 0 Å². The Labute approximate surface area is 178 Å². The molecule has 8 heteroatoms. The van der Waals surface area contributed by atoms with Gasteiger partial charge in [-0.15, -0.1) is 0 Å². The lowest BCUT2D eigenvalue weighted by atomic mass is 10.1. The van der Waals surface area contributed by atoms with Gasteiger partial charge in [-0.3, -0.25) is 4.90 Å². The molecular formula is C22H27N5O2S. The number of benzene rings is 2. The third-order valence-corrected chi connectivity index (χ3v) is 7.31. The second-order valence-corrected chi connectivity index (χ2v) is 9.76. The van der Waals surface area contributed by atoms with Crippen molar-refractivity contribution >= 4 is 10.2 Å². The first-order chi connectivity index (χ1) is 14.4. The van der Waals surface area contributed by atoms with Crippen molar-refractivity contribution in [2.45, 2.75) is 6.54 Å². The second kappa shape index (κ2) is 8.69. The van der Waals surface area contributed by atoms with Crippen molar-refractivity contribution in [3.05, 3.63) is 72.4 Å². The minimum absolute atomic E-state index is 0.494. The highest BCUT2D eigenvalue weighted by molar-refractivity contribution is 7.86. The molecular weight excluding hydrogens is 398 g/mol. The molecule has 0 N–H and O–H groups in total. The van der Waals surface area contributed by atoms with Gasteiger partial charge in [-0.2, -0.15) is 22.1 Å². The average molecular weight is 426 g/mol. The standard InChI is InChI=1S/C22H27N5O2S/c1-24(2)30(28,29)26-15-13-25(14-16-26)17-20-18-27(21-11-7-4-8-12-21)23-22(20)19-9-5-3-6-10-19/h3-12,18H,13-17H2,1-2H3. The molecule has 3 aromatic rings.